The molecule has 4 nitrogen and oxygen atoms in total. The molecular weight excluding hydrogens is 304 g/mol. The van der Waals surface area contributed by atoms with Crippen LogP contribution in [-0.2, 0) is 9.53 Å². The second-order valence-corrected chi connectivity index (χ2v) is 6.96. The van der Waals surface area contributed by atoms with Crippen LogP contribution < -0.4 is 9.47 Å². The molecule has 24 heavy (non-hydrogen) atoms. The Labute approximate surface area is 145 Å². The lowest BCUT2D eigenvalue weighted by atomic mass is 10.1. The monoisotopic (exact) mass is 334 g/mol. The third-order valence-corrected chi connectivity index (χ3v) is 3.28. The molecule has 0 aliphatic rings. The van der Waals surface area contributed by atoms with Gasteiger partial charge in [0.05, 0.1) is 25.9 Å². The van der Waals surface area contributed by atoms with Crippen LogP contribution in [0.4, 0.5) is 0 Å². The van der Waals surface area contributed by atoms with Gasteiger partial charge in [-0.1, -0.05) is 26.0 Å². The van der Waals surface area contributed by atoms with Crippen LogP contribution in [0, 0.1) is 5.92 Å². The number of ether oxygens (including phenoxy) is 3. The summed E-state index contributed by atoms with van der Waals surface area (Å²) in [7, 11) is 1.61. The maximum Gasteiger partial charge on any atom is 0.161 e. The number of hydrogen-bond acceptors (Lipinski definition) is 4. The van der Waals surface area contributed by atoms with Crippen LogP contribution in [0.2, 0.25) is 0 Å². The minimum Gasteiger partial charge on any atom is -0.493 e. The minimum atomic E-state index is -0.126. The number of benzene rings is 1. The van der Waals surface area contributed by atoms with Crippen LogP contribution in [0.25, 0.3) is 6.08 Å². The molecule has 0 aliphatic carbocycles. The number of hydrogen-bond donors (Lipinski definition) is 0. The molecule has 4 heteroatoms. The normalized spacial score (nSPS) is 12.0. The minimum absolute atomic E-state index is 0.000990. The highest BCUT2D eigenvalue weighted by molar-refractivity contribution is 5.94. The van der Waals surface area contributed by atoms with E-state index in [1.54, 1.807) is 19.3 Å². The molecule has 0 fully saturated rings. The Hall–Kier alpha value is -1.81. The van der Waals surface area contributed by atoms with E-state index >= 15 is 0 Å². The molecule has 1 rings (SSSR count). The van der Waals surface area contributed by atoms with Gasteiger partial charge in [0.1, 0.15) is 0 Å². The molecule has 0 bridgehead atoms. The van der Waals surface area contributed by atoms with Crippen LogP contribution in [0.1, 0.15) is 46.6 Å². The Morgan fingerprint density at radius 2 is 1.88 bits per heavy atom. The van der Waals surface area contributed by atoms with Gasteiger partial charge in [-0.05, 0) is 44.5 Å². The molecule has 0 aromatic heterocycles. The van der Waals surface area contributed by atoms with Gasteiger partial charge in [0.15, 0.2) is 17.3 Å². The zero-order valence-corrected chi connectivity index (χ0v) is 15.7. The van der Waals surface area contributed by atoms with Crippen molar-refractivity contribution in [2.45, 2.75) is 46.6 Å². The highest BCUT2D eigenvalue weighted by atomic mass is 16.5. The maximum atomic E-state index is 11.7. The lowest BCUT2D eigenvalue weighted by Crippen LogP contribution is -2.20. The quantitative estimate of drug-likeness (QED) is 0.492. The molecule has 1 aromatic rings. The predicted molar refractivity (Wildman–Crippen MR) is 97.7 cm³/mol. The van der Waals surface area contributed by atoms with Gasteiger partial charge < -0.3 is 14.2 Å². The van der Waals surface area contributed by atoms with Crippen molar-refractivity contribution >= 4 is 11.9 Å². The number of allylic oxidation sites excluding steroid dienone is 1. The standard InChI is InChI=1S/C20H30O4/c1-15(2)17(21)10-8-16-9-11-18(19(14-16)22-6)23-12-7-13-24-20(3,4)5/h8-11,14-15H,7,12-13H2,1-6H3/b10-8+. The van der Waals surface area contributed by atoms with Crippen molar-refractivity contribution in [2.24, 2.45) is 5.92 Å². The first-order chi connectivity index (χ1) is 11.2. The molecule has 0 radical (unpaired) electrons. The van der Waals surface area contributed by atoms with E-state index in [1.807, 2.05) is 52.8 Å². The summed E-state index contributed by atoms with van der Waals surface area (Å²) in [6.07, 6.45) is 4.21. The molecule has 0 amide bonds. The third-order valence-electron chi connectivity index (χ3n) is 3.28. The molecule has 0 aliphatic heterocycles. The maximum absolute atomic E-state index is 11.7. The summed E-state index contributed by atoms with van der Waals surface area (Å²) in [6.45, 7) is 11.1. The Morgan fingerprint density at radius 3 is 2.46 bits per heavy atom. The number of carbonyl (C=O) groups excluding carboxylic acids is 1. The van der Waals surface area contributed by atoms with Crippen LogP contribution in [-0.4, -0.2) is 31.7 Å². The first-order valence-electron chi connectivity index (χ1n) is 8.39. The second kappa shape index (κ2) is 9.48. The zero-order valence-electron chi connectivity index (χ0n) is 15.7. The topological polar surface area (TPSA) is 44.8 Å². The number of methoxy groups -OCH3 is 1. The van der Waals surface area contributed by atoms with Crippen molar-refractivity contribution in [1.29, 1.82) is 0 Å². The summed E-state index contributed by atoms with van der Waals surface area (Å²) >= 11 is 0. The summed E-state index contributed by atoms with van der Waals surface area (Å²) in [5, 5.41) is 0. The van der Waals surface area contributed by atoms with Crippen LogP contribution in [0.3, 0.4) is 0 Å². The highest BCUT2D eigenvalue weighted by Gasteiger charge is 2.10. The van der Waals surface area contributed by atoms with Crippen molar-refractivity contribution in [3.63, 3.8) is 0 Å². The molecule has 134 valence electrons. The Kier molecular flexibility index (Phi) is 7.99. The fourth-order valence-corrected chi connectivity index (χ4v) is 1.90. The van der Waals surface area contributed by atoms with E-state index in [4.69, 9.17) is 14.2 Å². The molecule has 0 unspecified atom stereocenters. The predicted octanol–water partition coefficient (Wildman–Crippen LogP) is 4.52. The molecule has 0 saturated heterocycles. The summed E-state index contributed by atoms with van der Waals surface area (Å²) in [6, 6.07) is 5.64. The van der Waals surface area contributed by atoms with Gasteiger partial charge in [0, 0.05) is 12.3 Å². The van der Waals surface area contributed by atoms with Crippen molar-refractivity contribution in [3.05, 3.63) is 29.8 Å². The molecule has 0 spiro atoms. The SMILES string of the molecule is COc1cc(/C=C/C(=O)C(C)C)ccc1OCCCOC(C)(C)C. The smallest absolute Gasteiger partial charge is 0.161 e. The Balaban J connectivity index is 2.59. The van der Waals surface area contributed by atoms with Gasteiger partial charge in [-0.15, -0.1) is 0 Å². The van der Waals surface area contributed by atoms with Crippen LogP contribution >= 0.6 is 0 Å². The molecule has 0 heterocycles. The van der Waals surface area contributed by atoms with E-state index in [1.165, 1.54) is 0 Å². The van der Waals surface area contributed by atoms with Crippen molar-refractivity contribution < 1.29 is 19.0 Å². The van der Waals surface area contributed by atoms with Gasteiger partial charge in [-0.2, -0.15) is 0 Å². The van der Waals surface area contributed by atoms with E-state index in [9.17, 15) is 4.79 Å². The molecule has 0 saturated carbocycles. The average Bonchev–Trinajstić information content (AvgIpc) is 2.51. The lowest BCUT2D eigenvalue weighted by molar-refractivity contribution is -0.117. The fourth-order valence-electron chi connectivity index (χ4n) is 1.90. The summed E-state index contributed by atoms with van der Waals surface area (Å²) < 4.78 is 16.8. The van der Waals surface area contributed by atoms with Gasteiger partial charge >= 0.3 is 0 Å². The van der Waals surface area contributed by atoms with E-state index < -0.39 is 0 Å². The van der Waals surface area contributed by atoms with E-state index in [0.29, 0.717) is 24.7 Å². The number of rotatable bonds is 9. The Bertz CT molecular complexity index is 553. The highest BCUT2D eigenvalue weighted by Crippen LogP contribution is 2.28. The van der Waals surface area contributed by atoms with E-state index in [-0.39, 0.29) is 17.3 Å². The second-order valence-electron chi connectivity index (χ2n) is 6.96. The first-order valence-corrected chi connectivity index (χ1v) is 8.39. The van der Waals surface area contributed by atoms with Gasteiger partial charge in [0.25, 0.3) is 0 Å². The van der Waals surface area contributed by atoms with Crippen LogP contribution in [0.15, 0.2) is 24.3 Å². The zero-order chi connectivity index (χ0) is 18.2. The lowest BCUT2D eigenvalue weighted by Gasteiger charge is -2.19. The molecular formula is C20H30O4. The van der Waals surface area contributed by atoms with Crippen molar-refractivity contribution in [3.8, 4) is 11.5 Å². The largest absolute Gasteiger partial charge is 0.493 e. The van der Waals surface area contributed by atoms with Gasteiger partial charge in [0.2, 0.25) is 0 Å². The van der Waals surface area contributed by atoms with Gasteiger partial charge in [-0.25, -0.2) is 0 Å². The molecule has 1 aromatic carbocycles. The first kappa shape index (κ1) is 20.2. The van der Waals surface area contributed by atoms with Crippen molar-refractivity contribution in [1.82, 2.24) is 0 Å². The van der Waals surface area contributed by atoms with E-state index in [0.717, 1.165) is 12.0 Å². The molecule has 0 N–H and O–H groups in total. The third kappa shape index (κ3) is 7.64. The van der Waals surface area contributed by atoms with E-state index in [2.05, 4.69) is 0 Å². The fraction of sp³-hybridized carbons (Fsp3) is 0.550. The number of ketones is 1. The van der Waals surface area contributed by atoms with Gasteiger partial charge in [-0.3, -0.25) is 4.79 Å². The van der Waals surface area contributed by atoms with Crippen molar-refractivity contribution in [2.75, 3.05) is 20.3 Å². The average molecular weight is 334 g/mol. The summed E-state index contributed by atoms with van der Waals surface area (Å²) in [5.74, 6) is 1.46. The summed E-state index contributed by atoms with van der Waals surface area (Å²) in [5.41, 5.74) is 0.781. The number of carbonyl (C=O) groups is 1. The molecule has 0 atom stereocenters. The summed E-state index contributed by atoms with van der Waals surface area (Å²) in [4.78, 5) is 11.7. The van der Waals surface area contributed by atoms with Crippen LogP contribution in [0.5, 0.6) is 11.5 Å². The Morgan fingerprint density at radius 1 is 1.17 bits per heavy atom.